The summed E-state index contributed by atoms with van der Waals surface area (Å²) in [6.45, 7) is 1.84. The smallest absolute Gasteiger partial charge is 0.226 e. The van der Waals surface area contributed by atoms with Gasteiger partial charge in [-0.05, 0) is 47.9 Å². The molecule has 1 heterocycles. The molecular formula is C25H27N3O3. The molecule has 0 radical (unpaired) electrons. The summed E-state index contributed by atoms with van der Waals surface area (Å²) in [6, 6.07) is 16.8. The van der Waals surface area contributed by atoms with Crippen molar-refractivity contribution in [1.29, 1.82) is 0 Å². The van der Waals surface area contributed by atoms with Crippen molar-refractivity contribution < 1.29 is 14.3 Å². The highest BCUT2D eigenvalue weighted by Gasteiger charge is 2.13. The van der Waals surface area contributed by atoms with Crippen LogP contribution in [0.5, 0.6) is 5.75 Å². The first-order valence-electron chi connectivity index (χ1n) is 10.2. The summed E-state index contributed by atoms with van der Waals surface area (Å²) < 4.78 is 5.56. The van der Waals surface area contributed by atoms with E-state index in [0.29, 0.717) is 36.4 Å². The van der Waals surface area contributed by atoms with E-state index in [-0.39, 0.29) is 11.7 Å². The molecule has 0 bridgehead atoms. The van der Waals surface area contributed by atoms with Crippen molar-refractivity contribution in [1.82, 2.24) is 4.98 Å². The van der Waals surface area contributed by atoms with Crippen LogP contribution in [0, 0.1) is 0 Å². The lowest BCUT2D eigenvalue weighted by Gasteiger charge is -2.17. The molecule has 0 aliphatic heterocycles. The average molecular weight is 418 g/mol. The molecule has 0 aliphatic rings. The van der Waals surface area contributed by atoms with Gasteiger partial charge in [0.2, 0.25) is 5.91 Å². The highest BCUT2D eigenvalue weighted by atomic mass is 16.5. The number of carbonyl (C=O) groups is 2. The normalized spacial score (nSPS) is 10.5. The number of nitrogen functional groups attached to an aromatic ring is 1. The summed E-state index contributed by atoms with van der Waals surface area (Å²) in [4.78, 5) is 30.3. The highest BCUT2D eigenvalue weighted by molar-refractivity contribution is 5.97. The van der Waals surface area contributed by atoms with Crippen molar-refractivity contribution in [2.45, 2.75) is 26.2 Å². The number of aromatic nitrogens is 1. The molecular weight excluding hydrogens is 390 g/mol. The van der Waals surface area contributed by atoms with Crippen LogP contribution in [-0.4, -0.2) is 30.8 Å². The van der Waals surface area contributed by atoms with Crippen LogP contribution in [0.1, 0.15) is 35.7 Å². The molecule has 2 N–H and O–H groups in total. The average Bonchev–Trinajstić information content (AvgIpc) is 2.82. The summed E-state index contributed by atoms with van der Waals surface area (Å²) in [7, 11) is 3.36. The van der Waals surface area contributed by atoms with Crippen LogP contribution in [0.3, 0.4) is 0 Å². The second kappa shape index (κ2) is 9.89. The van der Waals surface area contributed by atoms with Crippen LogP contribution in [0.4, 0.5) is 11.5 Å². The van der Waals surface area contributed by atoms with Crippen LogP contribution in [0.15, 0.2) is 60.8 Å². The lowest BCUT2D eigenvalue weighted by Crippen LogP contribution is -2.24. The summed E-state index contributed by atoms with van der Waals surface area (Å²) in [6.07, 6.45) is 3.13. The van der Waals surface area contributed by atoms with Gasteiger partial charge >= 0.3 is 0 Å². The molecule has 0 fully saturated rings. The quantitative estimate of drug-likeness (QED) is 0.544. The van der Waals surface area contributed by atoms with Crippen LogP contribution in [-0.2, 0) is 11.2 Å². The fourth-order valence-corrected chi connectivity index (χ4v) is 3.33. The van der Waals surface area contributed by atoms with E-state index in [4.69, 9.17) is 10.5 Å². The predicted octanol–water partition coefficient (Wildman–Crippen LogP) is 4.53. The predicted molar refractivity (Wildman–Crippen MR) is 123 cm³/mol. The number of nitrogens with two attached hydrogens (primary N) is 1. The van der Waals surface area contributed by atoms with E-state index in [0.717, 1.165) is 22.4 Å². The molecule has 6 heteroatoms. The Morgan fingerprint density at radius 3 is 2.42 bits per heavy atom. The van der Waals surface area contributed by atoms with Crippen LogP contribution >= 0.6 is 0 Å². The summed E-state index contributed by atoms with van der Waals surface area (Å²) in [5.41, 5.74) is 9.84. The molecule has 0 saturated heterocycles. The van der Waals surface area contributed by atoms with E-state index < -0.39 is 0 Å². The third kappa shape index (κ3) is 5.28. The number of anilines is 2. The summed E-state index contributed by atoms with van der Waals surface area (Å²) >= 11 is 0. The maximum Gasteiger partial charge on any atom is 0.226 e. The molecule has 0 aliphatic carbocycles. The zero-order chi connectivity index (χ0) is 22.4. The second-order valence-electron chi connectivity index (χ2n) is 7.28. The fraction of sp³-hybridized carbons (Fsp3) is 0.240. The van der Waals surface area contributed by atoms with E-state index in [1.165, 1.54) is 0 Å². The van der Waals surface area contributed by atoms with E-state index in [1.807, 2.05) is 49.4 Å². The first kappa shape index (κ1) is 22.0. The Morgan fingerprint density at radius 2 is 1.81 bits per heavy atom. The number of pyridine rings is 1. The molecule has 2 aromatic carbocycles. The number of aryl methyl sites for hydroxylation is 1. The lowest BCUT2D eigenvalue weighted by atomic mass is 9.98. The first-order valence-corrected chi connectivity index (χ1v) is 10.2. The van der Waals surface area contributed by atoms with Crippen LogP contribution in [0.2, 0.25) is 0 Å². The Balaban J connectivity index is 1.75. The highest BCUT2D eigenvalue weighted by Crippen LogP contribution is 2.32. The van der Waals surface area contributed by atoms with E-state index in [2.05, 4.69) is 4.98 Å². The number of benzene rings is 2. The Bertz CT molecular complexity index is 1060. The number of amides is 1. The molecule has 0 atom stereocenters. The molecule has 0 spiro atoms. The molecule has 160 valence electrons. The SMILES string of the molecule is CCC(=O)N(C)c1ccc(-c2ccc(C(=O)CCc3ccc(N)nc3)cc2OC)cc1. The Morgan fingerprint density at radius 1 is 1.06 bits per heavy atom. The van der Waals surface area contributed by atoms with Gasteiger partial charge in [0.05, 0.1) is 7.11 Å². The van der Waals surface area contributed by atoms with Gasteiger partial charge in [-0.1, -0.05) is 31.2 Å². The number of hydrogen-bond donors (Lipinski definition) is 1. The molecule has 0 unspecified atom stereocenters. The Labute approximate surface area is 182 Å². The maximum absolute atomic E-state index is 12.7. The molecule has 0 saturated carbocycles. The minimum Gasteiger partial charge on any atom is -0.496 e. The number of nitrogens with zero attached hydrogens (tertiary/aromatic N) is 2. The Hall–Kier alpha value is -3.67. The van der Waals surface area contributed by atoms with Gasteiger partial charge in [-0.15, -0.1) is 0 Å². The van der Waals surface area contributed by atoms with E-state index in [9.17, 15) is 9.59 Å². The number of ether oxygens (including phenoxy) is 1. The second-order valence-corrected chi connectivity index (χ2v) is 7.28. The topological polar surface area (TPSA) is 85.5 Å². The largest absolute Gasteiger partial charge is 0.496 e. The third-order valence-corrected chi connectivity index (χ3v) is 5.25. The van der Waals surface area contributed by atoms with E-state index >= 15 is 0 Å². The lowest BCUT2D eigenvalue weighted by molar-refractivity contribution is -0.118. The van der Waals surface area contributed by atoms with Gasteiger partial charge in [-0.2, -0.15) is 0 Å². The van der Waals surface area contributed by atoms with Gasteiger partial charge in [0, 0.05) is 42.9 Å². The third-order valence-electron chi connectivity index (χ3n) is 5.25. The summed E-state index contributed by atoms with van der Waals surface area (Å²) in [5.74, 6) is 1.19. The van der Waals surface area contributed by atoms with Crippen molar-refractivity contribution in [3.8, 4) is 16.9 Å². The number of carbonyl (C=O) groups excluding carboxylic acids is 2. The zero-order valence-corrected chi connectivity index (χ0v) is 18.1. The van der Waals surface area contributed by atoms with Gasteiger partial charge in [0.25, 0.3) is 0 Å². The van der Waals surface area contributed by atoms with Crippen LogP contribution < -0.4 is 15.4 Å². The van der Waals surface area contributed by atoms with Crippen molar-refractivity contribution in [2.75, 3.05) is 24.8 Å². The van der Waals surface area contributed by atoms with Crippen molar-refractivity contribution in [3.63, 3.8) is 0 Å². The van der Waals surface area contributed by atoms with Gasteiger partial charge in [0.1, 0.15) is 11.6 Å². The molecule has 6 nitrogen and oxygen atoms in total. The summed E-state index contributed by atoms with van der Waals surface area (Å²) in [5, 5.41) is 0. The van der Waals surface area contributed by atoms with Gasteiger partial charge in [-0.3, -0.25) is 9.59 Å². The Kier molecular flexibility index (Phi) is 7.03. The van der Waals surface area contributed by atoms with Crippen molar-refractivity contribution >= 4 is 23.2 Å². The fourth-order valence-electron chi connectivity index (χ4n) is 3.33. The monoisotopic (exact) mass is 417 g/mol. The number of hydrogen-bond acceptors (Lipinski definition) is 5. The maximum atomic E-state index is 12.7. The molecule has 3 aromatic rings. The van der Waals surface area contributed by atoms with Gasteiger partial charge < -0.3 is 15.4 Å². The van der Waals surface area contributed by atoms with Gasteiger partial charge in [-0.25, -0.2) is 4.98 Å². The number of ketones is 1. The van der Waals surface area contributed by atoms with Crippen molar-refractivity contribution in [2.24, 2.45) is 0 Å². The minimum absolute atomic E-state index is 0.0386. The number of rotatable bonds is 8. The molecule has 31 heavy (non-hydrogen) atoms. The number of Topliss-reactive ketones (excluding diaryl/α,β-unsaturated/α-hetero) is 1. The molecule has 1 amide bonds. The molecule has 1 aromatic heterocycles. The van der Waals surface area contributed by atoms with Crippen molar-refractivity contribution in [3.05, 3.63) is 71.9 Å². The first-order chi connectivity index (χ1) is 14.9. The number of methoxy groups -OCH3 is 1. The van der Waals surface area contributed by atoms with Gasteiger partial charge in [0.15, 0.2) is 5.78 Å². The minimum atomic E-state index is 0.0386. The standard InChI is InChI=1S/C25H27N3O3/c1-4-25(30)28(2)20-10-7-18(8-11-20)21-12-9-19(15-23(21)31-3)22(29)13-5-17-6-14-24(26)27-16-17/h6-12,14-16H,4-5,13H2,1-3H3,(H2,26,27). The van der Waals surface area contributed by atoms with Crippen LogP contribution in [0.25, 0.3) is 11.1 Å². The molecule has 3 rings (SSSR count). The zero-order valence-electron chi connectivity index (χ0n) is 18.1. The van der Waals surface area contributed by atoms with E-state index in [1.54, 1.807) is 37.4 Å².